The zero-order valence-corrected chi connectivity index (χ0v) is 28.0. The van der Waals surface area contributed by atoms with Gasteiger partial charge in [-0.2, -0.15) is 18.2 Å². The molecule has 1 fully saturated rings. The minimum Gasteiger partial charge on any atom is -0.466 e. The molecule has 0 bridgehead atoms. The molecule has 4 aromatic rings. The molecular formula is C34H39F3N8O4. The number of pyridine rings is 1. The lowest BCUT2D eigenvalue weighted by Crippen LogP contribution is -2.30. The summed E-state index contributed by atoms with van der Waals surface area (Å²) in [4.78, 5) is 42.8. The van der Waals surface area contributed by atoms with E-state index in [1.807, 2.05) is 49.5 Å². The topological polar surface area (TPSA) is 127 Å². The lowest BCUT2D eigenvalue weighted by atomic mass is 10.1. The van der Waals surface area contributed by atoms with Crippen LogP contribution in [0.5, 0.6) is 5.88 Å². The number of anilines is 4. The Morgan fingerprint density at radius 3 is 2.51 bits per heavy atom. The smallest absolute Gasteiger partial charge is 0.422 e. The molecule has 0 spiro atoms. The Bertz CT molecular complexity index is 1850. The quantitative estimate of drug-likeness (QED) is 0.117. The van der Waals surface area contributed by atoms with Crippen LogP contribution in [0.25, 0.3) is 22.2 Å². The van der Waals surface area contributed by atoms with Gasteiger partial charge in [0.15, 0.2) is 12.4 Å². The molecule has 2 N–H and O–H groups in total. The van der Waals surface area contributed by atoms with E-state index in [-0.39, 0.29) is 34.4 Å². The number of carbonyl (C=O) groups excluding carboxylic acids is 2. The Kier molecular flexibility index (Phi) is 10.4. The number of benzene rings is 1. The second-order valence-electron chi connectivity index (χ2n) is 12.3. The number of rotatable bonds is 14. The molecule has 260 valence electrons. The van der Waals surface area contributed by atoms with E-state index in [0.29, 0.717) is 24.7 Å². The summed E-state index contributed by atoms with van der Waals surface area (Å²) in [5.74, 6) is -1.49. The average Bonchev–Trinajstić information content (AvgIpc) is 3.82. The molecule has 5 rings (SSSR count). The number of nitrogens with one attached hydrogen (secondary N) is 2. The van der Waals surface area contributed by atoms with E-state index < -0.39 is 36.6 Å². The number of esters is 1. The maximum absolute atomic E-state index is 13.4. The van der Waals surface area contributed by atoms with Crippen molar-refractivity contribution in [1.29, 1.82) is 0 Å². The van der Waals surface area contributed by atoms with Gasteiger partial charge in [-0.1, -0.05) is 24.8 Å². The van der Waals surface area contributed by atoms with Gasteiger partial charge in [0.2, 0.25) is 17.7 Å². The predicted octanol–water partition coefficient (Wildman–Crippen LogP) is 6.20. The molecule has 3 aromatic heterocycles. The van der Waals surface area contributed by atoms with Crippen molar-refractivity contribution in [3.05, 3.63) is 60.9 Å². The Balaban J connectivity index is 1.63. The van der Waals surface area contributed by atoms with E-state index in [1.54, 1.807) is 25.8 Å². The number of amides is 1. The molecule has 1 saturated carbocycles. The molecular weight excluding hydrogens is 641 g/mol. The lowest BCUT2D eigenvalue weighted by Gasteiger charge is -2.25. The lowest BCUT2D eigenvalue weighted by molar-refractivity contribution is -0.153. The minimum absolute atomic E-state index is 0.0581. The van der Waals surface area contributed by atoms with Gasteiger partial charge < -0.3 is 34.5 Å². The molecule has 1 aromatic carbocycles. The number of para-hydroxylation sites is 1. The number of fused-ring (bicyclic) bond motifs is 1. The molecule has 0 aliphatic heterocycles. The molecule has 49 heavy (non-hydrogen) atoms. The highest BCUT2D eigenvalue weighted by Crippen LogP contribution is 2.42. The summed E-state index contributed by atoms with van der Waals surface area (Å²) >= 11 is 0. The maximum atomic E-state index is 13.4. The Labute approximate surface area is 281 Å². The van der Waals surface area contributed by atoms with E-state index in [1.165, 1.54) is 12.3 Å². The third-order valence-electron chi connectivity index (χ3n) is 7.56. The Hall–Kier alpha value is -5.18. The van der Waals surface area contributed by atoms with E-state index >= 15 is 0 Å². The summed E-state index contributed by atoms with van der Waals surface area (Å²) in [6, 6.07) is 9.47. The molecule has 15 heteroatoms. The van der Waals surface area contributed by atoms with Gasteiger partial charge in [0, 0.05) is 55.0 Å². The number of hydrogen-bond donors (Lipinski definition) is 2. The van der Waals surface area contributed by atoms with Crippen molar-refractivity contribution in [3.63, 3.8) is 0 Å². The van der Waals surface area contributed by atoms with Crippen molar-refractivity contribution in [2.45, 2.75) is 45.0 Å². The first-order valence-electron chi connectivity index (χ1n) is 15.7. The van der Waals surface area contributed by atoms with Crippen LogP contribution in [0.2, 0.25) is 0 Å². The monoisotopic (exact) mass is 680 g/mol. The molecule has 0 unspecified atom stereocenters. The number of carbonyl (C=O) groups is 2. The highest BCUT2D eigenvalue weighted by Gasteiger charge is 2.31. The molecule has 1 aliphatic rings. The normalized spacial score (nSPS) is 13.1. The molecule has 12 nitrogen and oxygen atoms in total. The van der Waals surface area contributed by atoms with Crippen LogP contribution in [-0.2, 0) is 9.53 Å². The molecule has 0 radical (unpaired) electrons. The van der Waals surface area contributed by atoms with Gasteiger partial charge in [0.25, 0.3) is 0 Å². The summed E-state index contributed by atoms with van der Waals surface area (Å²) in [6.45, 7) is 6.34. The summed E-state index contributed by atoms with van der Waals surface area (Å²) in [5.41, 5.74) is 2.13. The SMILES string of the molecule is C=CC(=O)Nc1cc(Nc2ncc(C(=O)OC(C)C)c(-c3cn(C4CC4)c4ccccc34)n2)c(OCC(F)(F)F)nc1N(C)CCN(C)C. The van der Waals surface area contributed by atoms with Gasteiger partial charge in [0.1, 0.15) is 11.3 Å². The Morgan fingerprint density at radius 1 is 1.12 bits per heavy atom. The number of alkyl halides is 3. The van der Waals surface area contributed by atoms with Crippen LogP contribution in [0.3, 0.4) is 0 Å². The van der Waals surface area contributed by atoms with Gasteiger partial charge in [-0.3, -0.25) is 4.79 Å². The number of halogens is 3. The first-order chi connectivity index (χ1) is 23.2. The van der Waals surface area contributed by atoms with Gasteiger partial charge in [-0.05, 0) is 59.0 Å². The first kappa shape index (κ1) is 35.1. The van der Waals surface area contributed by atoms with Crippen LogP contribution in [0.15, 0.2) is 55.4 Å². The van der Waals surface area contributed by atoms with Gasteiger partial charge >= 0.3 is 12.1 Å². The third-order valence-corrected chi connectivity index (χ3v) is 7.56. The number of nitrogens with zero attached hydrogens (tertiary/aromatic N) is 6. The number of likely N-dealkylation sites (N-methyl/N-ethyl adjacent to an activating group) is 2. The Morgan fingerprint density at radius 2 is 1.86 bits per heavy atom. The standard InChI is InChI=1S/C34H39F3N8O4/c1-7-28(46)39-25-16-26(31(48-19-34(35,36)37)42-30(25)44(6)15-14-43(4)5)40-33-38-17-23(32(47)49-20(2)3)29(41-33)24-18-45(21-12-13-21)27-11-9-8-10-22(24)27/h7-11,16-18,20-21H,1,12-15,19H2,2-6H3,(H,39,46)(H,38,40,41). The zero-order chi connectivity index (χ0) is 35.5. The van der Waals surface area contributed by atoms with Crippen LogP contribution >= 0.6 is 0 Å². The summed E-state index contributed by atoms with van der Waals surface area (Å²) in [5, 5.41) is 6.45. The predicted molar refractivity (Wildman–Crippen MR) is 182 cm³/mol. The zero-order valence-electron chi connectivity index (χ0n) is 28.0. The van der Waals surface area contributed by atoms with Crippen molar-refractivity contribution < 1.29 is 32.2 Å². The van der Waals surface area contributed by atoms with E-state index in [2.05, 4.69) is 31.7 Å². The minimum atomic E-state index is -4.66. The fourth-order valence-corrected chi connectivity index (χ4v) is 5.10. The molecule has 3 heterocycles. The van der Waals surface area contributed by atoms with Crippen LogP contribution < -0.4 is 20.3 Å². The fourth-order valence-electron chi connectivity index (χ4n) is 5.10. The summed E-state index contributed by atoms with van der Waals surface area (Å²) in [6.07, 6.45) is 1.29. The van der Waals surface area contributed by atoms with Crippen molar-refractivity contribution in [2.75, 3.05) is 56.4 Å². The van der Waals surface area contributed by atoms with Gasteiger partial charge in [-0.15, -0.1) is 0 Å². The largest absolute Gasteiger partial charge is 0.466 e. The van der Waals surface area contributed by atoms with Crippen LogP contribution in [0.1, 0.15) is 43.1 Å². The summed E-state index contributed by atoms with van der Waals surface area (Å²) in [7, 11) is 5.44. The first-order valence-corrected chi connectivity index (χ1v) is 15.7. The van der Waals surface area contributed by atoms with Crippen LogP contribution in [-0.4, -0.2) is 89.4 Å². The highest BCUT2D eigenvalue weighted by molar-refractivity contribution is 6.03. The number of ether oxygens (including phenoxy) is 2. The van der Waals surface area contributed by atoms with Gasteiger partial charge in [-0.25, -0.2) is 14.8 Å². The van der Waals surface area contributed by atoms with E-state index in [9.17, 15) is 22.8 Å². The molecule has 0 atom stereocenters. The van der Waals surface area contributed by atoms with Crippen LogP contribution in [0.4, 0.5) is 36.3 Å². The molecule has 0 saturated heterocycles. The van der Waals surface area contributed by atoms with Crippen molar-refractivity contribution in [1.82, 2.24) is 24.4 Å². The fraction of sp³-hybridized carbons (Fsp3) is 0.382. The van der Waals surface area contributed by atoms with Crippen molar-refractivity contribution in [3.8, 4) is 17.1 Å². The van der Waals surface area contributed by atoms with Crippen molar-refractivity contribution in [2.24, 2.45) is 0 Å². The number of hydrogen-bond acceptors (Lipinski definition) is 10. The van der Waals surface area contributed by atoms with E-state index in [4.69, 9.17) is 14.5 Å². The van der Waals surface area contributed by atoms with Gasteiger partial charge in [0.05, 0.1) is 17.5 Å². The highest BCUT2D eigenvalue weighted by atomic mass is 19.4. The molecule has 1 aliphatic carbocycles. The second kappa shape index (κ2) is 14.5. The van der Waals surface area contributed by atoms with E-state index in [0.717, 1.165) is 29.8 Å². The third kappa shape index (κ3) is 8.65. The molecule has 1 amide bonds. The average molecular weight is 681 g/mol. The maximum Gasteiger partial charge on any atom is 0.422 e. The number of aromatic nitrogens is 4. The second-order valence-corrected chi connectivity index (χ2v) is 12.3. The van der Waals surface area contributed by atoms with Crippen LogP contribution in [0, 0.1) is 0 Å². The van der Waals surface area contributed by atoms with Crippen molar-refractivity contribution >= 4 is 45.9 Å². The summed E-state index contributed by atoms with van der Waals surface area (Å²) < 4.78 is 53.0.